The van der Waals surface area contributed by atoms with Crippen molar-refractivity contribution in [3.05, 3.63) is 71.8 Å². The van der Waals surface area contributed by atoms with Crippen LogP contribution in [0.5, 0.6) is 11.5 Å². The number of rotatable bonds is 14. The molecule has 0 aliphatic rings. The quantitative estimate of drug-likeness (QED) is 0.0520. The highest BCUT2D eigenvalue weighted by Crippen LogP contribution is 2.32. The van der Waals surface area contributed by atoms with Crippen LogP contribution < -0.4 is 15.2 Å². The Labute approximate surface area is 244 Å². The lowest BCUT2D eigenvalue weighted by Gasteiger charge is -2.15. The van der Waals surface area contributed by atoms with Crippen LogP contribution in [-0.2, 0) is 35.8 Å². The molecule has 0 aromatic heterocycles. The number of phenols is 1. The second-order valence-corrected chi connectivity index (χ2v) is 13.0. The van der Waals surface area contributed by atoms with Gasteiger partial charge >= 0.3 is 5.97 Å². The fourth-order valence-electron chi connectivity index (χ4n) is 3.96. The molecule has 3 aromatic rings. The van der Waals surface area contributed by atoms with Crippen molar-refractivity contribution >= 4 is 31.7 Å². The van der Waals surface area contributed by atoms with Crippen LogP contribution in [0.1, 0.15) is 30.9 Å². The lowest BCUT2D eigenvalue weighted by atomic mass is 10.0. The van der Waals surface area contributed by atoms with E-state index in [4.69, 9.17) is 20.4 Å². The molecule has 0 radical (unpaired) electrons. The van der Waals surface area contributed by atoms with E-state index in [0.717, 1.165) is 24.8 Å². The summed E-state index contributed by atoms with van der Waals surface area (Å²) in [5.41, 5.74) is 7.10. The first-order chi connectivity index (χ1) is 19.9. The Morgan fingerprint density at radius 1 is 1.02 bits per heavy atom. The molecular weight excluding hydrogens is 586 g/mol. The topological polar surface area (TPSA) is 195 Å². The van der Waals surface area contributed by atoms with Gasteiger partial charge in [0.25, 0.3) is 0 Å². The number of ether oxygens (including phenoxy) is 2. The van der Waals surface area contributed by atoms with Gasteiger partial charge in [0.05, 0.1) is 11.5 Å². The SMILES string of the molecule is CCCCOC(=O)COc1cc(-c2ccccc2S(C)(=O)=O)ccc1CCNS(=O)(=O)c1ccc(/C(N)=N/O)cc1O. The van der Waals surface area contributed by atoms with E-state index in [1.165, 1.54) is 12.1 Å². The van der Waals surface area contributed by atoms with Crippen LogP contribution in [-0.4, -0.2) is 65.0 Å². The number of hydrogen-bond acceptors (Lipinski definition) is 10. The lowest BCUT2D eigenvalue weighted by molar-refractivity contribution is -0.146. The first kappa shape index (κ1) is 32.4. The molecule has 0 aliphatic carbocycles. The maximum atomic E-state index is 12.9. The van der Waals surface area contributed by atoms with Crippen LogP contribution in [0, 0.1) is 0 Å². The Balaban J connectivity index is 1.85. The maximum Gasteiger partial charge on any atom is 0.344 e. The number of amidine groups is 1. The number of nitrogens with zero attached hydrogens (tertiary/aromatic N) is 1. The van der Waals surface area contributed by atoms with Crippen LogP contribution in [0.4, 0.5) is 0 Å². The predicted molar refractivity (Wildman–Crippen MR) is 156 cm³/mol. The summed E-state index contributed by atoms with van der Waals surface area (Å²) in [6.07, 6.45) is 2.78. The van der Waals surface area contributed by atoms with Gasteiger partial charge in [0.1, 0.15) is 16.4 Å². The number of nitrogens with one attached hydrogen (secondary N) is 1. The molecule has 0 amide bonds. The zero-order valence-electron chi connectivity index (χ0n) is 23.1. The molecule has 0 spiro atoms. The second-order valence-electron chi connectivity index (χ2n) is 9.27. The smallest absolute Gasteiger partial charge is 0.344 e. The highest BCUT2D eigenvalue weighted by Gasteiger charge is 2.21. The van der Waals surface area contributed by atoms with Gasteiger partial charge in [-0.2, -0.15) is 0 Å². The van der Waals surface area contributed by atoms with Crippen LogP contribution in [0.3, 0.4) is 0 Å². The maximum absolute atomic E-state index is 12.9. The minimum absolute atomic E-state index is 0.111. The zero-order chi connectivity index (χ0) is 30.9. The number of hydrogen-bond donors (Lipinski definition) is 4. The number of unbranched alkanes of at least 4 members (excludes halogenated alkanes) is 1. The van der Waals surface area contributed by atoms with E-state index in [1.54, 1.807) is 36.4 Å². The van der Waals surface area contributed by atoms with Gasteiger partial charge in [-0.15, -0.1) is 0 Å². The van der Waals surface area contributed by atoms with Gasteiger partial charge in [-0.1, -0.05) is 48.8 Å². The van der Waals surface area contributed by atoms with Gasteiger partial charge < -0.3 is 25.5 Å². The van der Waals surface area contributed by atoms with Crippen molar-refractivity contribution in [2.24, 2.45) is 10.9 Å². The zero-order valence-corrected chi connectivity index (χ0v) is 24.7. The summed E-state index contributed by atoms with van der Waals surface area (Å²) in [5, 5.41) is 21.8. The Kier molecular flexibility index (Phi) is 10.9. The van der Waals surface area contributed by atoms with Crippen molar-refractivity contribution in [3.8, 4) is 22.6 Å². The Bertz CT molecular complexity index is 1670. The van der Waals surface area contributed by atoms with E-state index in [1.807, 2.05) is 6.92 Å². The molecule has 0 aliphatic heterocycles. The first-order valence-corrected chi connectivity index (χ1v) is 16.3. The number of oxime groups is 1. The Morgan fingerprint density at radius 3 is 2.43 bits per heavy atom. The van der Waals surface area contributed by atoms with E-state index in [0.29, 0.717) is 23.1 Å². The van der Waals surface area contributed by atoms with Gasteiger partial charge in [-0.05, 0) is 54.3 Å². The molecule has 226 valence electrons. The highest BCUT2D eigenvalue weighted by atomic mass is 32.2. The average molecular weight is 620 g/mol. The number of nitrogens with two attached hydrogens (primary N) is 1. The molecule has 0 saturated heterocycles. The largest absolute Gasteiger partial charge is 0.507 e. The van der Waals surface area contributed by atoms with Crippen LogP contribution in [0.25, 0.3) is 11.1 Å². The lowest BCUT2D eigenvalue weighted by Crippen LogP contribution is -2.26. The Morgan fingerprint density at radius 2 is 1.76 bits per heavy atom. The summed E-state index contributed by atoms with van der Waals surface area (Å²) >= 11 is 0. The van der Waals surface area contributed by atoms with Crippen molar-refractivity contribution in [1.82, 2.24) is 4.72 Å². The van der Waals surface area contributed by atoms with E-state index in [9.17, 15) is 26.7 Å². The van der Waals surface area contributed by atoms with E-state index < -0.39 is 43.1 Å². The summed E-state index contributed by atoms with van der Waals surface area (Å²) < 4.78 is 63.8. The number of esters is 1. The van der Waals surface area contributed by atoms with Crippen LogP contribution in [0.15, 0.2) is 75.6 Å². The molecule has 0 unspecified atom stereocenters. The molecular formula is C28H33N3O9S2. The molecule has 3 aromatic carbocycles. The van der Waals surface area contributed by atoms with Crippen LogP contribution >= 0.6 is 0 Å². The molecule has 12 nitrogen and oxygen atoms in total. The number of sulfone groups is 1. The fraction of sp³-hybridized carbons (Fsp3) is 0.286. The number of carbonyl (C=O) groups excluding carboxylic acids is 1. The summed E-state index contributed by atoms with van der Waals surface area (Å²) in [7, 11) is -7.71. The molecule has 0 saturated carbocycles. The Hall–Kier alpha value is -4.14. The van der Waals surface area contributed by atoms with Gasteiger partial charge in [-0.3, -0.25) is 0 Å². The third-order valence-electron chi connectivity index (χ3n) is 6.11. The van der Waals surface area contributed by atoms with Crippen molar-refractivity contribution in [1.29, 1.82) is 0 Å². The van der Waals surface area contributed by atoms with E-state index in [2.05, 4.69) is 9.88 Å². The van der Waals surface area contributed by atoms with Gasteiger partial charge in [0.15, 0.2) is 22.3 Å². The molecule has 5 N–H and O–H groups in total. The molecule has 0 bridgehead atoms. The van der Waals surface area contributed by atoms with Crippen molar-refractivity contribution < 1.29 is 41.4 Å². The molecule has 42 heavy (non-hydrogen) atoms. The third-order valence-corrected chi connectivity index (χ3v) is 8.77. The highest BCUT2D eigenvalue weighted by molar-refractivity contribution is 7.91. The number of aromatic hydroxyl groups is 1. The van der Waals surface area contributed by atoms with E-state index in [-0.39, 0.29) is 41.6 Å². The fourth-order valence-corrected chi connectivity index (χ4v) is 5.98. The average Bonchev–Trinajstić information content (AvgIpc) is 2.95. The summed E-state index contributed by atoms with van der Waals surface area (Å²) in [4.78, 5) is 11.9. The van der Waals surface area contributed by atoms with Crippen molar-refractivity contribution in [2.75, 3.05) is 26.0 Å². The van der Waals surface area contributed by atoms with Gasteiger partial charge in [-0.25, -0.2) is 26.4 Å². The summed E-state index contributed by atoms with van der Waals surface area (Å²) in [5.74, 6) is -1.23. The minimum Gasteiger partial charge on any atom is -0.507 e. The minimum atomic E-state index is -4.16. The number of benzene rings is 3. The third kappa shape index (κ3) is 8.44. The van der Waals surface area contributed by atoms with Gasteiger partial charge in [0.2, 0.25) is 10.0 Å². The number of carbonyl (C=O) groups is 1. The van der Waals surface area contributed by atoms with Gasteiger partial charge in [0, 0.05) is 23.9 Å². The molecule has 14 heteroatoms. The summed E-state index contributed by atoms with van der Waals surface area (Å²) in [6, 6.07) is 14.8. The molecule has 0 heterocycles. The molecule has 0 atom stereocenters. The van der Waals surface area contributed by atoms with Crippen molar-refractivity contribution in [3.63, 3.8) is 0 Å². The summed E-state index contributed by atoms with van der Waals surface area (Å²) in [6.45, 7) is 1.70. The molecule has 0 fully saturated rings. The number of phenolic OH excluding ortho intramolecular Hbond substituents is 1. The van der Waals surface area contributed by atoms with Crippen LogP contribution in [0.2, 0.25) is 0 Å². The monoisotopic (exact) mass is 619 g/mol. The van der Waals surface area contributed by atoms with E-state index >= 15 is 0 Å². The normalized spacial score (nSPS) is 12.2. The second kappa shape index (κ2) is 14.2. The molecule has 3 rings (SSSR count). The standard InChI is InChI=1S/C28H33N3O9S2/c1-3-4-15-39-27(33)18-40-24-17-20(22-7-5-6-8-25(22)41(2,35)36)10-9-19(24)13-14-30-42(37,38)26-12-11-21(16-23(26)32)28(29)31-34/h5-12,16-17,30,32,34H,3-4,13-15,18H2,1-2H3,(H2,29,31). The predicted octanol–water partition coefficient (Wildman–Crippen LogP) is 2.80. The van der Waals surface area contributed by atoms with Crippen molar-refractivity contribution in [2.45, 2.75) is 36.0 Å². The first-order valence-electron chi connectivity index (χ1n) is 12.9. The number of sulfonamides is 1.